The van der Waals surface area contributed by atoms with Gasteiger partial charge in [-0.15, -0.1) is 11.3 Å². The van der Waals surface area contributed by atoms with Crippen molar-refractivity contribution in [3.05, 3.63) is 16.5 Å². The number of rotatable bonds is 0. The smallest absolute Gasteiger partial charge is 0.0862 e. The van der Waals surface area contributed by atoms with E-state index < -0.39 is 0 Å². The number of hydrogen-bond acceptors (Lipinski definition) is 2. The molecule has 10 heavy (non-hydrogen) atoms. The van der Waals surface area contributed by atoms with Crippen molar-refractivity contribution in [2.45, 2.75) is 25.7 Å². The maximum atomic E-state index is 7.64. The lowest BCUT2D eigenvalue weighted by Gasteiger charge is -2.08. The van der Waals surface area contributed by atoms with E-state index in [9.17, 15) is 0 Å². The number of nitrogen functional groups attached to an aromatic ring is 1. The molecule has 0 atom stereocenters. The first-order valence-electron chi connectivity index (χ1n) is 4.15. The molecular formula is C8H11NS. The molecule has 1 aliphatic rings. The van der Waals surface area contributed by atoms with Crippen LogP contribution < -0.4 is 5.73 Å². The highest BCUT2D eigenvalue weighted by Gasteiger charge is 2.11. The van der Waals surface area contributed by atoms with Gasteiger partial charge >= 0.3 is 0 Å². The fraction of sp³-hybridized carbons (Fsp3) is 0.500. The molecule has 1 nitrogen and oxygen atoms in total. The van der Waals surface area contributed by atoms with E-state index in [1.165, 1.54) is 23.3 Å². The van der Waals surface area contributed by atoms with Gasteiger partial charge in [0.2, 0.25) is 0 Å². The van der Waals surface area contributed by atoms with Gasteiger partial charge in [0.25, 0.3) is 0 Å². The van der Waals surface area contributed by atoms with Crippen molar-refractivity contribution in [1.29, 1.82) is 0 Å². The van der Waals surface area contributed by atoms with Crippen molar-refractivity contribution in [3.8, 4) is 0 Å². The summed E-state index contributed by atoms with van der Waals surface area (Å²) in [6.45, 7) is 0. The fourth-order valence-corrected chi connectivity index (χ4v) is 2.39. The van der Waals surface area contributed by atoms with E-state index in [1.54, 1.807) is 11.3 Å². The monoisotopic (exact) mass is 154 g/mol. The summed E-state index contributed by atoms with van der Waals surface area (Å²) in [7, 11) is 0. The first-order valence-corrected chi connectivity index (χ1v) is 4.47. The van der Waals surface area contributed by atoms with E-state index in [4.69, 9.17) is 7.10 Å². The lowest BCUT2D eigenvalue weighted by Crippen LogP contribution is -1.96. The number of fused-ring (bicyclic) bond motifs is 1. The zero-order valence-electron chi connectivity index (χ0n) is 6.81. The Morgan fingerprint density at radius 3 is 3.10 bits per heavy atom. The van der Waals surface area contributed by atoms with Gasteiger partial charge in [0.1, 0.15) is 0 Å². The van der Waals surface area contributed by atoms with Crippen molar-refractivity contribution >= 4 is 16.3 Å². The molecule has 0 aromatic carbocycles. The summed E-state index contributed by atoms with van der Waals surface area (Å²) in [4.78, 5) is 1.36. The summed E-state index contributed by atoms with van der Waals surface area (Å²) < 4.78 is 7.64. The molecular weight excluding hydrogens is 142 g/mol. The van der Waals surface area contributed by atoms with Crippen LogP contribution >= 0.6 is 11.3 Å². The zero-order valence-corrected chi connectivity index (χ0v) is 6.63. The number of aryl methyl sites for hydroxylation is 1. The molecule has 1 aromatic heterocycles. The first kappa shape index (κ1) is 5.19. The van der Waals surface area contributed by atoms with Gasteiger partial charge in [-0.05, 0) is 37.3 Å². The molecule has 1 aromatic rings. The van der Waals surface area contributed by atoms with Gasteiger partial charge in [-0.2, -0.15) is 0 Å². The third-order valence-corrected chi connectivity index (χ3v) is 2.94. The van der Waals surface area contributed by atoms with Gasteiger partial charge in [0.15, 0.2) is 0 Å². The summed E-state index contributed by atoms with van der Waals surface area (Å²) in [5, 5.41) is 0.705. The second kappa shape index (κ2) is 2.27. The van der Waals surface area contributed by atoms with Gasteiger partial charge in [-0.25, -0.2) is 0 Å². The molecule has 0 saturated heterocycles. The average molecular weight is 154 g/mol. The molecule has 0 unspecified atom stereocenters. The van der Waals surface area contributed by atoms with Crippen LogP contribution in [0, 0.1) is 0 Å². The van der Waals surface area contributed by atoms with Crippen LogP contribution in [0.3, 0.4) is 0 Å². The number of hydrogen-bond donors (Lipinski definition) is 1. The maximum absolute atomic E-state index is 7.64. The van der Waals surface area contributed by atoms with Gasteiger partial charge in [-0.1, -0.05) is 0 Å². The van der Waals surface area contributed by atoms with Crippen LogP contribution in [0.4, 0.5) is 5.00 Å². The number of thiophene rings is 1. The Bertz CT molecular complexity index is 280. The molecule has 0 saturated carbocycles. The molecule has 2 heteroatoms. The summed E-state index contributed by atoms with van der Waals surface area (Å²) in [5.41, 5.74) is 6.87. The summed E-state index contributed by atoms with van der Waals surface area (Å²) in [6.07, 6.45) is 4.71. The molecule has 2 rings (SSSR count). The quantitative estimate of drug-likeness (QED) is 0.609. The van der Waals surface area contributed by atoms with Crippen LogP contribution in [0.15, 0.2) is 6.04 Å². The van der Waals surface area contributed by atoms with Gasteiger partial charge in [0, 0.05) is 4.88 Å². The highest BCUT2D eigenvalue weighted by Crippen LogP contribution is 2.30. The third kappa shape index (κ3) is 0.926. The minimum absolute atomic E-state index is 0.602. The van der Waals surface area contributed by atoms with E-state index in [1.807, 2.05) is 0 Å². The van der Waals surface area contributed by atoms with E-state index in [0.717, 1.165) is 12.8 Å². The second-order valence-corrected chi connectivity index (χ2v) is 3.84. The molecule has 54 valence electrons. The molecule has 0 bridgehead atoms. The highest BCUT2D eigenvalue weighted by atomic mass is 32.1. The van der Waals surface area contributed by atoms with Crippen molar-refractivity contribution in [2.75, 3.05) is 5.73 Å². The Hall–Kier alpha value is -0.500. The fourth-order valence-electron chi connectivity index (χ4n) is 1.43. The molecule has 2 N–H and O–H groups in total. The van der Waals surface area contributed by atoms with E-state index in [2.05, 4.69) is 0 Å². The molecule has 0 aliphatic heterocycles. The molecule has 0 radical (unpaired) electrons. The van der Waals surface area contributed by atoms with Crippen LogP contribution in [-0.4, -0.2) is 0 Å². The molecule has 1 aliphatic carbocycles. The van der Waals surface area contributed by atoms with Crippen LogP contribution in [0.2, 0.25) is 0 Å². The van der Waals surface area contributed by atoms with Crippen LogP contribution in [0.1, 0.15) is 24.7 Å². The van der Waals surface area contributed by atoms with Crippen molar-refractivity contribution in [1.82, 2.24) is 0 Å². The van der Waals surface area contributed by atoms with Crippen molar-refractivity contribution < 1.29 is 1.37 Å². The summed E-state index contributed by atoms with van der Waals surface area (Å²) in [6, 6.07) is 0.602. The maximum Gasteiger partial charge on any atom is 0.0862 e. The zero-order chi connectivity index (χ0) is 7.84. The van der Waals surface area contributed by atoms with Gasteiger partial charge in [-0.3, -0.25) is 0 Å². The predicted molar refractivity (Wildman–Crippen MR) is 45.4 cm³/mol. The number of nitrogens with two attached hydrogens (primary N) is 1. The molecule has 0 spiro atoms. The Labute approximate surface area is 66.3 Å². The van der Waals surface area contributed by atoms with Crippen molar-refractivity contribution in [2.24, 2.45) is 0 Å². The van der Waals surface area contributed by atoms with E-state index in [0.29, 0.717) is 11.0 Å². The van der Waals surface area contributed by atoms with E-state index in [-0.39, 0.29) is 0 Å². The molecule has 1 heterocycles. The Morgan fingerprint density at radius 1 is 1.50 bits per heavy atom. The van der Waals surface area contributed by atoms with Gasteiger partial charge < -0.3 is 5.73 Å². The van der Waals surface area contributed by atoms with Gasteiger partial charge in [0.05, 0.1) is 6.37 Å². The minimum atomic E-state index is 0.602. The van der Waals surface area contributed by atoms with Crippen molar-refractivity contribution in [3.63, 3.8) is 0 Å². The summed E-state index contributed by atoms with van der Waals surface area (Å²) in [5.74, 6) is 0. The molecule has 0 fully saturated rings. The third-order valence-electron chi connectivity index (χ3n) is 1.92. The van der Waals surface area contributed by atoms with Crippen LogP contribution in [-0.2, 0) is 12.8 Å². The lowest BCUT2D eigenvalue weighted by atomic mass is 10.00. The highest BCUT2D eigenvalue weighted by molar-refractivity contribution is 7.16. The minimum Gasteiger partial charge on any atom is -0.391 e. The first-order chi connectivity index (χ1) is 5.29. The number of anilines is 1. The summed E-state index contributed by atoms with van der Waals surface area (Å²) >= 11 is 1.61. The largest absolute Gasteiger partial charge is 0.391 e. The van der Waals surface area contributed by atoms with Crippen LogP contribution in [0.25, 0.3) is 0 Å². The van der Waals surface area contributed by atoms with E-state index >= 15 is 0 Å². The SMILES string of the molecule is [2H]c1c(N)sc2c1CCCC2. The topological polar surface area (TPSA) is 26.0 Å². The van der Waals surface area contributed by atoms with Crippen LogP contribution in [0.5, 0.6) is 0 Å². The average Bonchev–Trinajstić information content (AvgIpc) is 2.30. The lowest BCUT2D eigenvalue weighted by molar-refractivity contribution is 0.697. The standard InChI is InChI=1S/C8H11NS/c9-8-5-6-3-1-2-4-7(6)10-8/h5H,1-4,9H2/i5D. The second-order valence-electron chi connectivity index (χ2n) is 2.70. The Balaban J connectivity index is 2.50. The Morgan fingerprint density at radius 2 is 2.30 bits per heavy atom. The predicted octanol–water partition coefficient (Wildman–Crippen LogP) is 2.21. The Kier molecular flexibility index (Phi) is 1.18. The normalized spacial score (nSPS) is 18.2. The molecule has 0 amide bonds.